The molecule has 1 saturated carbocycles. The molecule has 0 spiro atoms. The molecule has 86 valence electrons. The highest BCUT2D eigenvalue weighted by molar-refractivity contribution is 5.80. The van der Waals surface area contributed by atoms with Gasteiger partial charge in [0.1, 0.15) is 11.6 Å². The van der Waals surface area contributed by atoms with E-state index < -0.39 is 5.54 Å². The van der Waals surface area contributed by atoms with Gasteiger partial charge in [-0.1, -0.05) is 0 Å². The summed E-state index contributed by atoms with van der Waals surface area (Å²) in [7, 11) is 0. The van der Waals surface area contributed by atoms with Crippen LogP contribution in [0, 0.1) is 0 Å². The molecule has 0 aromatic carbocycles. The third-order valence-corrected chi connectivity index (χ3v) is 3.37. The Bertz CT molecular complexity index is 230. The van der Waals surface area contributed by atoms with Crippen LogP contribution in [-0.2, 0) is 14.3 Å². The van der Waals surface area contributed by atoms with Crippen molar-refractivity contribution in [2.45, 2.75) is 50.2 Å². The normalized spacial score (nSPS) is 26.5. The lowest BCUT2D eigenvalue weighted by Gasteiger charge is -2.31. The molecule has 0 aromatic heterocycles. The van der Waals surface area contributed by atoms with Gasteiger partial charge in [0.05, 0.1) is 0 Å². The summed E-state index contributed by atoms with van der Waals surface area (Å²) in [5, 5.41) is 0. The summed E-state index contributed by atoms with van der Waals surface area (Å²) < 4.78 is 10.6. The summed E-state index contributed by atoms with van der Waals surface area (Å²) >= 11 is 0. The molecule has 0 bridgehead atoms. The maximum Gasteiger partial charge on any atom is 0.326 e. The molecular formula is C11H19NO3. The number of carbonyl (C=O) groups is 1. The first-order valence-corrected chi connectivity index (χ1v) is 5.78. The molecule has 2 N–H and O–H groups in total. The smallest absolute Gasteiger partial charge is 0.326 e. The molecular weight excluding hydrogens is 194 g/mol. The van der Waals surface area contributed by atoms with E-state index in [1.165, 1.54) is 12.8 Å². The van der Waals surface area contributed by atoms with Crippen molar-refractivity contribution in [2.75, 3.05) is 13.2 Å². The fourth-order valence-corrected chi connectivity index (χ4v) is 2.21. The lowest BCUT2D eigenvalue weighted by Crippen LogP contribution is -2.53. The van der Waals surface area contributed by atoms with Crippen LogP contribution in [0.1, 0.15) is 38.5 Å². The molecule has 0 radical (unpaired) electrons. The molecule has 0 atom stereocenters. The fraction of sp³-hybridized carbons (Fsp3) is 0.909. The molecule has 0 unspecified atom stereocenters. The van der Waals surface area contributed by atoms with Gasteiger partial charge in [0, 0.05) is 13.2 Å². The van der Waals surface area contributed by atoms with Crippen LogP contribution in [0.5, 0.6) is 0 Å². The first-order chi connectivity index (χ1) is 7.21. The van der Waals surface area contributed by atoms with Crippen LogP contribution < -0.4 is 5.73 Å². The van der Waals surface area contributed by atoms with Gasteiger partial charge in [0.25, 0.3) is 0 Å². The summed E-state index contributed by atoms with van der Waals surface area (Å²) in [5.41, 5.74) is 5.24. The molecule has 2 fully saturated rings. The van der Waals surface area contributed by atoms with Crippen LogP contribution in [0.15, 0.2) is 0 Å². The van der Waals surface area contributed by atoms with E-state index in [4.69, 9.17) is 15.2 Å². The second kappa shape index (κ2) is 4.49. The molecule has 1 heterocycles. The lowest BCUT2D eigenvalue weighted by atomic mass is 9.91. The number of esters is 1. The van der Waals surface area contributed by atoms with Gasteiger partial charge < -0.3 is 15.2 Å². The molecule has 15 heavy (non-hydrogen) atoms. The van der Waals surface area contributed by atoms with Crippen molar-refractivity contribution in [1.29, 1.82) is 0 Å². The molecule has 1 aliphatic heterocycles. The van der Waals surface area contributed by atoms with Crippen molar-refractivity contribution in [3.63, 3.8) is 0 Å². The zero-order chi connectivity index (χ0) is 10.7. The van der Waals surface area contributed by atoms with E-state index in [-0.39, 0.29) is 12.1 Å². The highest BCUT2D eigenvalue weighted by Crippen LogP contribution is 2.25. The van der Waals surface area contributed by atoms with Crippen LogP contribution in [0.2, 0.25) is 0 Å². The van der Waals surface area contributed by atoms with Gasteiger partial charge >= 0.3 is 5.97 Å². The third-order valence-electron chi connectivity index (χ3n) is 3.37. The highest BCUT2D eigenvalue weighted by atomic mass is 16.5. The summed E-state index contributed by atoms with van der Waals surface area (Å²) in [6.45, 7) is 1.13. The van der Waals surface area contributed by atoms with Crippen molar-refractivity contribution in [2.24, 2.45) is 5.73 Å². The first kappa shape index (κ1) is 10.9. The van der Waals surface area contributed by atoms with Crippen molar-refractivity contribution in [3.8, 4) is 0 Å². The summed E-state index contributed by atoms with van der Waals surface area (Å²) in [6, 6.07) is 0. The van der Waals surface area contributed by atoms with Crippen molar-refractivity contribution >= 4 is 5.97 Å². The van der Waals surface area contributed by atoms with E-state index in [2.05, 4.69) is 0 Å². The van der Waals surface area contributed by atoms with Gasteiger partial charge in [0.15, 0.2) is 0 Å². The lowest BCUT2D eigenvalue weighted by molar-refractivity contribution is -0.159. The minimum absolute atomic E-state index is 0.112. The average molecular weight is 213 g/mol. The van der Waals surface area contributed by atoms with Crippen molar-refractivity contribution < 1.29 is 14.3 Å². The Morgan fingerprint density at radius 1 is 1.27 bits per heavy atom. The maximum atomic E-state index is 11.9. The van der Waals surface area contributed by atoms with E-state index in [0.29, 0.717) is 26.1 Å². The molecule has 4 nitrogen and oxygen atoms in total. The van der Waals surface area contributed by atoms with E-state index in [9.17, 15) is 4.79 Å². The number of carbonyl (C=O) groups excluding carboxylic acids is 1. The second-order valence-electron chi connectivity index (χ2n) is 4.58. The standard InChI is InChI=1S/C11H19NO3/c12-11(5-7-14-8-6-11)10(13)15-9-3-1-2-4-9/h9H,1-8,12H2. The monoisotopic (exact) mass is 213 g/mol. The van der Waals surface area contributed by atoms with Gasteiger partial charge in [-0.25, -0.2) is 0 Å². The zero-order valence-corrected chi connectivity index (χ0v) is 9.04. The number of hydrogen-bond acceptors (Lipinski definition) is 4. The van der Waals surface area contributed by atoms with Gasteiger partial charge in [-0.05, 0) is 38.5 Å². The topological polar surface area (TPSA) is 61.6 Å². The quantitative estimate of drug-likeness (QED) is 0.695. The molecule has 2 rings (SSSR count). The highest BCUT2D eigenvalue weighted by Gasteiger charge is 2.38. The fourth-order valence-electron chi connectivity index (χ4n) is 2.21. The molecule has 0 aromatic rings. The molecule has 4 heteroatoms. The summed E-state index contributed by atoms with van der Waals surface area (Å²) in [6.07, 6.45) is 5.60. The van der Waals surface area contributed by atoms with Gasteiger partial charge in [-0.3, -0.25) is 4.79 Å². The Balaban J connectivity index is 1.87. The predicted molar refractivity (Wildman–Crippen MR) is 55.3 cm³/mol. The minimum Gasteiger partial charge on any atom is -0.461 e. The van der Waals surface area contributed by atoms with Crippen molar-refractivity contribution in [1.82, 2.24) is 0 Å². The predicted octanol–water partition coefficient (Wildman–Crippen LogP) is 0.980. The SMILES string of the molecule is NC1(C(=O)OC2CCCC2)CCOCC1. The van der Waals surface area contributed by atoms with Gasteiger partial charge in [0.2, 0.25) is 0 Å². The number of hydrogen-bond donors (Lipinski definition) is 1. The first-order valence-electron chi connectivity index (χ1n) is 5.78. The number of ether oxygens (including phenoxy) is 2. The molecule has 1 aliphatic carbocycles. The summed E-state index contributed by atoms with van der Waals surface area (Å²) in [5.74, 6) is -0.224. The number of rotatable bonds is 2. The summed E-state index contributed by atoms with van der Waals surface area (Å²) in [4.78, 5) is 11.9. The Hall–Kier alpha value is -0.610. The van der Waals surface area contributed by atoms with Crippen LogP contribution in [0.4, 0.5) is 0 Å². The number of nitrogens with two attached hydrogens (primary N) is 1. The molecule has 1 saturated heterocycles. The second-order valence-corrected chi connectivity index (χ2v) is 4.58. The Kier molecular flexibility index (Phi) is 3.26. The van der Waals surface area contributed by atoms with E-state index >= 15 is 0 Å². The Morgan fingerprint density at radius 3 is 2.47 bits per heavy atom. The van der Waals surface area contributed by atoms with E-state index in [1.54, 1.807) is 0 Å². The third kappa shape index (κ3) is 2.49. The van der Waals surface area contributed by atoms with E-state index in [1.807, 2.05) is 0 Å². The van der Waals surface area contributed by atoms with Gasteiger partial charge in [-0.15, -0.1) is 0 Å². The average Bonchev–Trinajstić information content (AvgIpc) is 2.71. The minimum atomic E-state index is -0.791. The Labute approximate surface area is 90.1 Å². The van der Waals surface area contributed by atoms with Gasteiger partial charge in [-0.2, -0.15) is 0 Å². The molecule has 0 amide bonds. The maximum absolute atomic E-state index is 11.9. The van der Waals surface area contributed by atoms with E-state index in [0.717, 1.165) is 12.8 Å². The molecule has 2 aliphatic rings. The van der Waals surface area contributed by atoms with Crippen LogP contribution in [0.3, 0.4) is 0 Å². The largest absolute Gasteiger partial charge is 0.461 e. The van der Waals surface area contributed by atoms with Crippen LogP contribution in [-0.4, -0.2) is 30.8 Å². The zero-order valence-electron chi connectivity index (χ0n) is 9.04. The van der Waals surface area contributed by atoms with Crippen molar-refractivity contribution in [3.05, 3.63) is 0 Å². The Morgan fingerprint density at radius 2 is 1.87 bits per heavy atom. The van der Waals surface area contributed by atoms with Crippen LogP contribution >= 0.6 is 0 Å². The van der Waals surface area contributed by atoms with Crippen LogP contribution in [0.25, 0.3) is 0 Å².